The number of amides is 2. The Labute approximate surface area is 208 Å². The number of fused-ring (bicyclic) bond motifs is 1. The summed E-state index contributed by atoms with van der Waals surface area (Å²) in [4.78, 5) is 33.2. The van der Waals surface area contributed by atoms with Gasteiger partial charge in [0.05, 0.1) is 36.6 Å². The Bertz CT molecular complexity index is 1430. The largest absolute Gasteiger partial charge is 0.438 e. The van der Waals surface area contributed by atoms with Gasteiger partial charge >= 0.3 is 12.2 Å². The first-order valence-electron chi connectivity index (χ1n) is 11.2. The molecule has 2 aromatic carbocycles. The van der Waals surface area contributed by atoms with Crippen LogP contribution in [0.5, 0.6) is 11.6 Å². The van der Waals surface area contributed by atoms with Crippen LogP contribution in [0.15, 0.2) is 67.1 Å². The van der Waals surface area contributed by atoms with Gasteiger partial charge in [-0.1, -0.05) is 12.1 Å². The third-order valence-corrected chi connectivity index (χ3v) is 5.63. The Morgan fingerprint density at radius 3 is 2.41 bits per heavy atom. The first kappa shape index (κ1) is 24.3. The molecule has 5 rings (SSSR count). The molecule has 0 aliphatic carbocycles. The number of ether oxygens (including phenoxy) is 2. The van der Waals surface area contributed by atoms with E-state index in [1.165, 1.54) is 23.0 Å². The zero-order valence-electron chi connectivity index (χ0n) is 19.2. The third kappa shape index (κ3) is 5.54. The Morgan fingerprint density at radius 1 is 1.03 bits per heavy atom. The lowest BCUT2D eigenvalue weighted by Gasteiger charge is -2.26. The fourth-order valence-electron chi connectivity index (χ4n) is 3.66. The molecule has 3 heterocycles. The minimum Gasteiger partial charge on any atom is -0.438 e. The van der Waals surface area contributed by atoms with Crippen molar-refractivity contribution in [3.8, 4) is 11.6 Å². The normalized spacial score (nSPS) is 13.7. The SMILES string of the molecule is O=C(Cc1ccc(C(F)(F)F)cc1)Nc1ccc(Oc2ncnc3c2ccn3C(=O)NC2COC2)cc1. The zero-order valence-corrected chi connectivity index (χ0v) is 19.2. The van der Waals surface area contributed by atoms with Gasteiger partial charge in [0.1, 0.15) is 12.1 Å². The molecule has 2 aromatic heterocycles. The second-order valence-corrected chi connectivity index (χ2v) is 8.33. The molecule has 0 radical (unpaired) electrons. The van der Waals surface area contributed by atoms with E-state index in [0.717, 1.165) is 12.1 Å². The van der Waals surface area contributed by atoms with E-state index in [2.05, 4.69) is 20.6 Å². The van der Waals surface area contributed by atoms with Crippen molar-refractivity contribution in [3.63, 3.8) is 0 Å². The molecule has 2 amide bonds. The molecule has 190 valence electrons. The van der Waals surface area contributed by atoms with Gasteiger partial charge in [-0.25, -0.2) is 14.8 Å². The molecule has 0 unspecified atom stereocenters. The molecule has 0 bridgehead atoms. The number of carbonyl (C=O) groups excluding carboxylic acids is 2. The molecule has 37 heavy (non-hydrogen) atoms. The van der Waals surface area contributed by atoms with Crippen LogP contribution in [0.3, 0.4) is 0 Å². The van der Waals surface area contributed by atoms with Crippen LogP contribution in [-0.2, 0) is 22.1 Å². The predicted octanol–water partition coefficient (Wildman–Crippen LogP) is 4.38. The number of hydrogen-bond acceptors (Lipinski definition) is 6. The number of nitrogens with zero attached hydrogens (tertiary/aromatic N) is 3. The Kier molecular flexibility index (Phi) is 6.49. The highest BCUT2D eigenvalue weighted by Crippen LogP contribution is 2.30. The smallest absolute Gasteiger partial charge is 0.416 e. The summed E-state index contributed by atoms with van der Waals surface area (Å²) < 4.78 is 50.4. The van der Waals surface area contributed by atoms with Crippen LogP contribution in [0.2, 0.25) is 0 Å². The topological polar surface area (TPSA) is 107 Å². The highest BCUT2D eigenvalue weighted by Gasteiger charge is 2.30. The fraction of sp³-hybridized carbons (Fsp3) is 0.200. The van der Waals surface area contributed by atoms with Crippen LogP contribution in [0.1, 0.15) is 11.1 Å². The van der Waals surface area contributed by atoms with Crippen LogP contribution in [-0.4, -0.2) is 45.7 Å². The number of alkyl halides is 3. The van der Waals surface area contributed by atoms with Gasteiger partial charge in [0, 0.05) is 11.9 Å². The molecule has 9 nitrogen and oxygen atoms in total. The number of rotatable bonds is 6. The van der Waals surface area contributed by atoms with E-state index >= 15 is 0 Å². The van der Waals surface area contributed by atoms with E-state index in [1.54, 1.807) is 36.5 Å². The maximum atomic E-state index is 12.7. The van der Waals surface area contributed by atoms with E-state index < -0.39 is 11.7 Å². The van der Waals surface area contributed by atoms with Crippen LogP contribution in [0.25, 0.3) is 11.0 Å². The summed E-state index contributed by atoms with van der Waals surface area (Å²) >= 11 is 0. The van der Waals surface area contributed by atoms with Crippen molar-refractivity contribution in [1.82, 2.24) is 19.9 Å². The quantitative estimate of drug-likeness (QED) is 0.398. The lowest BCUT2D eigenvalue weighted by Crippen LogP contribution is -2.49. The monoisotopic (exact) mass is 511 g/mol. The van der Waals surface area contributed by atoms with E-state index in [4.69, 9.17) is 9.47 Å². The highest BCUT2D eigenvalue weighted by atomic mass is 19.4. The standard InChI is InChI=1S/C25H20F3N5O4/c26-25(27,28)16-3-1-15(2-4-16)11-21(34)31-17-5-7-19(8-6-17)37-23-20-9-10-33(22(20)29-14-30-23)24(35)32-18-12-36-13-18/h1-10,14,18H,11-13H2,(H,31,34)(H,32,35). The number of anilines is 1. The summed E-state index contributed by atoms with van der Waals surface area (Å²) in [5.41, 5.74) is 0.562. The first-order chi connectivity index (χ1) is 17.8. The van der Waals surface area contributed by atoms with Gasteiger partial charge in [-0.3, -0.25) is 9.36 Å². The van der Waals surface area contributed by atoms with E-state index in [0.29, 0.717) is 41.2 Å². The average Bonchev–Trinajstić information content (AvgIpc) is 3.28. The van der Waals surface area contributed by atoms with Gasteiger partial charge < -0.3 is 20.1 Å². The highest BCUT2D eigenvalue weighted by molar-refractivity contribution is 5.93. The van der Waals surface area contributed by atoms with E-state index in [9.17, 15) is 22.8 Å². The summed E-state index contributed by atoms with van der Waals surface area (Å²) in [6.45, 7) is 0.944. The fourth-order valence-corrected chi connectivity index (χ4v) is 3.66. The van der Waals surface area contributed by atoms with Crippen molar-refractivity contribution in [2.75, 3.05) is 18.5 Å². The van der Waals surface area contributed by atoms with E-state index in [1.807, 2.05) is 0 Å². The molecule has 1 fully saturated rings. The number of aromatic nitrogens is 3. The molecule has 1 aliphatic heterocycles. The van der Waals surface area contributed by atoms with Crippen LogP contribution < -0.4 is 15.4 Å². The minimum absolute atomic E-state index is 0.0311. The summed E-state index contributed by atoms with van der Waals surface area (Å²) in [6.07, 6.45) is -1.63. The zero-order chi connectivity index (χ0) is 26.0. The van der Waals surface area contributed by atoms with Crippen LogP contribution in [0.4, 0.5) is 23.7 Å². The average molecular weight is 511 g/mol. The molecule has 0 atom stereocenters. The van der Waals surface area contributed by atoms with Crippen molar-refractivity contribution < 1.29 is 32.2 Å². The Hall–Kier alpha value is -4.45. The molecular weight excluding hydrogens is 491 g/mol. The number of carbonyl (C=O) groups is 2. The minimum atomic E-state index is -4.42. The van der Waals surface area contributed by atoms with Crippen molar-refractivity contribution in [1.29, 1.82) is 0 Å². The number of nitrogens with one attached hydrogen (secondary N) is 2. The van der Waals surface area contributed by atoms with Crippen molar-refractivity contribution >= 4 is 28.7 Å². The van der Waals surface area contributed by atoms with Gasteiger partial charge in [-0.15, -0.1) is 0 Å². The van der Waals surface area contributed by atoms with Crippen molar-refractivity contribution in [2.24, 2.45) is 0 Å². The number of benzene rings is 2. The lowest BCUT2D eigenvalue weighted by molar-refractivity contribution is -0.137. The maximum Gasteiger partial charge on any atom is 0.416 e. The number of halogens is 3. The Balaban J connectivity index is 1.21. The molecule has 0 spiro atoms. The van der Waals surface area contributed by atoms with Gasteiger partial charge in [0.25, 0.3) is 0 Å². The van der Waals surface area contributed by atoms with Gasteiger partial charge in [-0.05, 0) is 48.0 Å². The third-order valence-electron chi connectivity index (χ3n) is 5.63. The summed E-state index contributed by atoms with van der Waals surface area (Å²) in [7, 11) is 0. The molecule has 0 saturated carbocycles. The van der Waals surface area contributed by atoms with E-state index in [-0.39, 0.29) is 30.3 Å². The maximum absolute atomic E-state index is 12.7. The van der Waals surface area contributed by atoms with Gasteiger partial charge in [-0.2, -0.15) is 13.2 Å². The summed E-state index contributed by atoms with van der Waals surface area (Å²) in [6, 6.07) is 12.3. The molecule has 2 N–H and O–H groups in total. The van der Waals surface area contributed by atoms with Crippen molar-refractivity contribution in [2.45, 2.75) is 18.6 Å². The molecule has 1 aliphatic rings. The molecule has 1 saturated heterocycles. The second kappa shape index (κ2) is 9.90. The summed E-state index contributed by atoms with van der Waals surface area (Å²) in [5.74, 6) is 0.311. The van der Waals surface area contributed by atoms with Crippen LogP contribution >= 0.6 is 0 Å². The second-order valence-electron chi connectivity index (χ2n) is 8.33. The molecular formula is C25H20F3N5O4. The Morgan fingerprint density at radius 2 is 1.76 bits per heavy atom. The molecule has 12 heteroatoms. The summed E-state index contributed by atoms with van der Waals surface area (Å²) in [5, 5.41) is 6.08. The predicted molar refractivity (Wildman–Crippen MR) is 126 cm³/mol. The van der Waals surface area contributed by atoms with Gasteiger partial charge in [0.2, 0.25) is 11.8 Å². The van der Waals surface area contributed by atoms with Crippen molar-refractivity contribution in [3.05, 3.63) is 78.2 Å². The lowest BCUT2D eigenvalue weighted by atomic mass is 10.1. The van der Waals surface area contributed by atoms with Gasteiger partial charge in [0.15, 0.2) is 5.65 Å². The first-order valence-corrected chi connectivity index (χ1v) is 11.2. The molecule has 4 aromatic rings. The van der Waals surface area contributed by atoms with Crippen LogP contribution in [0, 0.1) is 0 Å². The number of hydrogen-bond donors (Lipinski definition) is 2.